The number of hydrogen-bond acceptors (Lipinski definition) is 7. The molecule has 1 fully saturated rings. The third kappa shape index (κ3) is 5.28. The number of nitro benzene ring substituents is 1. The molecule has 1 saturated heterocycles. The lowest BCUT2D eigenvalue weighted by Gasteiger charge is -2.12. The van der Waals surface area contributed by atoms with Gasteiger partial charge in [-0.1, -0.05) is 23.7 Å². The molecule has 1 aromatic heterocycles. The molecule has 1 aliphatic rings. The van der Waals surface area contributed by atoms with E-state index in [2.05, 4.69) is 5.32 Å². The molecule has 0 atom stereocenters. The number of furan rings is 1. The molecular weight excluding hydrogens is 494 g/mol. The van der Waals surface area contributed by atoms with Gasteiger partial charge in [-0.3, -0.25) is 29.4 Å². The van der Waals surface area contributed by atoms with E-state index < -0.39 is 28.5 Å². The first-order valence-corrected chi connectivity index (χ1v) is 11.5. The Kier molecular flexibility index (Phi) is 6.77. The van der Waals surface area contributed by atoms with Gasteiger partial charge in [-0.05, 0) is 67.1 Å². The van der Waals surface area contributed by atoms with Gasteiger partial charge in [-0.2, -0.15) is 0 Å². The number of carbonyl (C=O) groups excluding carboxylic acids is 3. The van der Waals surface area contributed by atoms with Gasteiger partial charge >= 0.3 is 0 Å². The molecule has 178 valence electrons. The molecule has 3 amide bonds. The molecular formula is C24H18ClN3O6S. The minimum Gasteiger partial charge on any atom is -0.456 e. The van der Waals surface area contributed by atoms with Crippen LogP contribution in [0.5, 0.6) is 0 Å². The highest BCUT2D eigenvalue weighted by Gasteiger charge is 2.36. The van der Waals surface area contributed by atoms with E-state index in [-0.39, 0.29) is 22.1 Å². The highest BCUT2D eigenvalue weighted by Crippen LogP contribution is 2.35. The van der Waals surface area contributed by atoms with Crippen molar-refractivity contribution < 1.29 is 23.7 Å². The molecule has 0 spiro atoms. The number of carbonyl (C=O) groups is 3. The third-order valence-electron chi connectivity index (χ3n) is 5.15. The first-order chi connectivity index (χ1) is 16.6. The van der Waals surface area contributed by atoms with Gasteiger partial charge < -0.3 is 9.73 Å². The highest BCUT2D eigenvalue weighted by atomic mass is 35.5. The number of nitrogens with one attached hydrogen (secondary N) is 1. The minimum atomic E-state index is -0.642. The number of hydrogen-bond donors (Lipinski definition) is 1. The quantitative estimate of drug-likeness (QED) is 0.252. The van der Waals surface area contributed by atoms with Gasteiger partial charge in [0, 0.05) is 22.9 Å². The zero-order chi connectivity index (χ0) is 25.3. The molecule has 2 aromatic carbocycles. The molecule has 35 heavy (non-hydrogen) atoms. The molecule has 0 aliphatic carbocycles. The van der Waals surface area contributed by atoms with Gasteiger partial charge in [0.25, 0.3) is 16.8 Å². The van der Waals surface area contributed by atoms with E-state index in [1.807, 2.05) is 6.92 Å². The Bertz CT molecular complexity index is 1410. The summed E-state index contributed by atoms with van der Waals surface area (Å²) in [5.74, 6) is -0.714. The van der Waals surface area contributed by atoms with E-state index in [4.69, 9.17) is 16.0 Å². The highest BCUT2D eigenvalue weighted by molar-refractivity contribution is 8.18. The number of imide groups is 1. The third-order valence-corrected chi connectivity index (χ3v) is 6.46. The summed E-state index contributed by atoms with van der Waals surface area (Å²) in [6, 6.07) is 12.8. The number of amides is 3. The lowest BCUT2D eigenvalue weighted by molar-refractivity contribution is -0.384. The number of halogens is 1. The van der Waals surface area contributed by atoms with Crippen LogP contribution in [-0.4, -0.2) is 33.4 Å². The fourth-order valence-corrected chi connectivity index (χ4v) is 4.36. The predicted molar refractivity (Wildman–Crippen MR) is 133 cm³/mol. The number of rotatable bonds is 6. The zero-order valence-corrected chi connectivity index (χ0v) is 20.1. The van der Waals surface area contributed by atoms with E-state index in [0.717, 1.165) is 16.0 Å². The van der Waals surface area contributed by atoms with Crippen LogP contribution in [0.2, 0.25) is 5.02 Å². The van der Waals surface area contributed by atoms with Crippen molar-refractivity contribution in [2.75, 3.05) is 11.9 Å². The summed E-state index contributed by atoms with van der Waals surface area (Å²) in [4.78, 5) is 49.3. The summed E-state index contributed by atoms with van der Waals surface area (Å²) in [6.07, 6.45) is 1.37. The van der Waals surface area contributed by atoms with Crippen molar-refractivity contribution in [2.24, 2.45) is 0 Å². The Labute approximate surface area is 208 Å². The van der Waals surface area contributed by atoms with Crippen molar-refractivity contribution in [3.05, 3.63) is 85.5 Å². The molecule has 0 unspecified atom stereocenters. The molecule has 3 aromatic rings. The average molecular weight is 512 g/mol. The minimum absolute atomic E-state index is 0.0699. The topological polar surface area (TPSA) is 123 Å². The van der Waals surface area contributed by atoms with E-state index in [1.54, 1.807) is 49.4 Å². The molecule has 0 radical (unpaired) electrons. The van der Waals surface area contributed by atoms with Crippen LogP contribution in [0.15, 0.2) is 57.9 Å². The number of thioether (sulfide) groups is 1. The van der Waals surface area contributed by atoms with Gasteiger partial charge in [-0.25, -0.2) is 0 Å². The first kappa shape index (κ1) is 24.2. The Balaban J connectivity index is 1.49. The summed E-state index contributed by atoms with van der Waals surface area (Å²) in [5.41, 5.74) is 2.21. The maximum Gasteiger partial charge on any atom is 0.294 e. The van der Waals surface area contributed by atoms with Crippen LogP contribution in [0.3, 0.4) is 0 Å². The van der Waals surface area contributed by atoms with Crippen LogP contribution in [0.1, 0.15) is 16.9 Å². The summed E-state index contributed by atoms with van der Waals surface area (Å²) in [5, 5.41) is 13.9. The first-order valence-electron chi connectivity index (χ1n) is 10.3. The van der Waals surface area contributed by atoms with E-state index in [1.165, 1.54) is 12.1 Å². The summed E-state index contributed by atoms with van der Waals surface area (Å²) in [7, 11) is 0. The van der Waals surface area contributed by atoms with Crippen LogP contribution < -0.4 is 5.32 Å². The average Bonchev–Trinajstić information content (AvgIpc) is 3.36. The Hall–Kier alpha value is -3.89. The smallest absolute Gasteiger partial charge is 0.294 e. The molecule has 1 aliphatic heterocycles. The molecule has 9 nitrogen and oxygen atoms in total. The van der Waals surface area contributed by atoms with Crippen LogP contribution in [0, 0.1) is 24.0 Å². The van der Waals surface area contributed by atoms with Crippen LogP contribution >= 0.6 is 23.4 Å². The zero-order valence-electron chi connectivity index (χ0n) is 18.5. The van der Waals surface area contributed by atoms with Crippen molar-refractivity contribution in [1.82, 2.24) is 4.90 Å². The molecule has 0 bridgehead atoms. The van der Waals surface area contributed by atoms with Crippen molar-refractivity contribution in [3.63, 3.8) is 0 Å². The lowest BCUT2D eigenvalue weighted by Crippen LogP contribution is -2.36. The van der Waals surface area contributed by atoms with E-state index >= 15 is 0 Å². The Morgan fingerprint density at radius 2 is 1.94 bits per heavy atom. The van der Waals surface area contributed by atoms with Gasteiger partial charge in [0.05, 0.1) is 15.4 Å². The molecule has 0 saturated carbocycles. The fourth-order valence-electron chi connectivity index (χ4n) is 3.36. The summed E-state index contributed by atoms with van der Waals surface area (Å²) >= 11 is 6.73. The normalized spacial score (nSPS) is 14.6. The molecule has 4 rings (SSSR count). The SMILES string of the molecule is Cc1ccc(-c2ccc(/C=C3/SC(=O)N(CC(=O)Nc4ccc(C)c(Cl)c4)C3=O)o2)c([N+](=O)[O-])c1. The van der Waals surface area contributed by atoms with Crippen molar-refractivity contribution >= 4 is 57.9 Å². The van der Waals surface area contributed by atoms with Crippen molar-refractivity contribution in [2.45, 2.75) is 13.8 Å². The Morgan fingerprint density at radius 3 is 2.66 bits per heavy atom. The molecule has 1 N–H and O–H groups in total. The van der Waals surface area contributed by atoms with Gasteiger partial charge in [0.2, 0.25) is 5.91 Å². The van der Waals surface area contributed by atoms with Crippen molar-refractivity contribution in [1.29, 1.82) is 0 Å². The van der Waals surface area contributed by atoms with Crippen LogP contribution in [-0.2, 0) is 9.59 Å². The summed E-state index contributed by atoms with van der Waals surface area (Å²) < 4.78 is 5.69. The number of anilines is 1. The number of nitro groups is 1. The largest absolute Gasteiger partial charge is 0.456 e. The van der Waals surface area contributed by atoms with E-state index in [0.29, 0.717) is 28.0 Å². The second-order valence-electron chi connectivity index (χ2n) is 7.76. The van der Waals surface area contributed by atoms with Gasteiger partial charge in [0.15, 0.2) is 0 Å². The second kappa shape index (κ2) is 9.77. The number of nitrogens with zero attached hydrogens (tertiary/aromatic N) is 2. The van der Waals surface area contributed by atoms with Crippen LogP contribution in [0.4, 0.5) is 16.2 Å². The summed E-state index contributed by atoms with van der Waals surface area (Å²) in [6.45, 7) is 3.10. The van der Waals surface area contributed by atoms with Crippen molar-refractivity contribution in [3.8, 4) is 11.3 Å². The predicted octanol–water partition coefficient (Wildman–Crippen LogP) is 5.80. The van der Waals surface area contributed by atoms with Gasteiger partial charge in [0.1, 0.15) is 18.1 Å². The van der Waals surface area contributed by atoms with E-state index in [9.17, 15) is 24.5 Å². The monoisotopic (exact) mass is 511 g/mol. The fraction of sp³-hybridized carbons (Fsp3) is 0.125. The maximum atomic E-state index is 12.7. The standard InChI is InChI=1S/C24H18ClN3O6S/c1-13-3-7-17(19(9-13)28(32)33)20-8-6-16(34-20)11-21-23(30)27(24(31)35-21)12-22(29)26-15-5-4-14(2)18(25)10-15/h3-11H,12H2,1-2H3,(H,26,29)/b21-11+. The lowest BCUT2D eigenvalue weighted by atomic mass is 10.1. The Morgan fingerprint density at radius 1 is 1.17 bits per heavy atom. The number of aryl methyl sites for hydroxylation is 2. The second-order valence-corrected chi connectivity index (χ2v) is 9.16. The molecule has 2 heterocycles. The van der Waals surface area contributed by atoms with Crippen LogP contribution in [0.25, 0.3) is 17.4 Å². The number of benzene rings is 2. The molecule has 11 heteroatoms. The maximum absolute atomic E-state index is 12.7. The van der Waals surface area contributed by atoms with Gasteiger partial charge in [-0.15, -0.1) is 0 Å².